The van der Waals surface area contributed by atoms with Gasteiger partial charge in [0.05, 0.1) is 5.41 Å². The Morgan fingerprint density at radius 3 is 1.55 bits per heavy atom. The van der Waals surface area contributed by atoms with Crippen molar-refractivity contribution in [3.8, 4) is 67.5 Å². The molecular weight excluding hydrogens is 699 g/mol. The monoisotopic (exact) mass is 729 g/mol. The van der Waals surface area contributed by atoms with Crippen LogP contribution in [0.5, 0.6) is 0 Å². The first-order valence-corrected chi connectivity index (χ1v) is 19.8. The largest absolute Gasteiger partial charge is 0.208 e. The van der Waals surface area contributed by atoms with Crippen molar-refractivity contribution in [1.82, 2.24) is 15.0 Å². The molecule has 12 rings (SSSR count). The zero-order valence-corrected chi connectivity index (χ0v) is 31.0. The van der Waals surface area contributed by atoms with Crippen molar-refractivity contribution in [2.45, 2.75) is 5.41 Å². The first kappa shape index (κ1) is 31.4. The number of aromatic nitrogens is 3. The van der Waals surface area contributed by atoms with Gasteiger partial charge in [-0.05, 0) is 79.9 Å². The van der Waals surface area contributed by atoms with Crippen LogP contribution in [0.3, 0.4) is 0 Å². The molecule has 0 atom stereocenters. The van der Waals surface area contributed by atoms with Crippen LogP contribution in [0.4, 0.5) is 0 Å². The molecule has 0 aliphatic heterocycles. The predicted octanol–water partition coefficient (Wildman–Crippen LogP) is 13.3. The minimum atomic E-state index is -0.396. The Morgan fingerprint density at radius 2 is 0.821 bits per heavy atom. The summed E-state index contributed by atoms with van der Waals surface area (Å²) in [6.45, 7) is 0. The molecule has 8 aromatic carbocycles. The first-order chi connectivity index (χ1) is 27.8. The van der Waals surface area contributed by atoms with E-state index in [4.69, 9.17) is 15.0 Å². The Morgan fingerprint density at radius 1 is 0.321 bits per heavy atom. The topological polar surface area (TPSA) is 38.7 Å². The summed E-state index contributed by atoms with van der Waals surface area (Å²) in [4.78, 5) is 15.5. The molecule has 0 radical (unpaired) electrons. The van der Waals surface area contributed by atoms with E-state index in [0.29, 0.717) is 17.5 Å². The van der Waals surface area contributed by atoms with E-state index in [1.54, 1.807) is 11.3 Å². The third kappa shape index (κ3) is 4.42. The van der Waals surface area contributed by atoms with Gasteiger partial charge in [0.25, 0.3) is 0 Å². The Balaban J connectivity index is 1.04. The molecule has 0 N–H and O–H groups in total. The van der Waals surface area contributed by atoms with Crippen LogP contribution < -0.4 is 0 Å². The molecule has 0 unspecified atom stereocenters. The number of fused-ring (bicyclic) bond motifs is 13. The Labute approximate surface area is 328 Å². The van der Waals surface area contributed by atoms with Crippen LogP contribution in [-0.4, -0.2) is 15.0 Å². The first-order valence-electron chi connectivity index (χ1n) is 19.0. The standard InChI is InChI=1S/C52H31N3S/c1-2-14-32(15-3-1)49-53-50(55-51(54-49)41-22-13-27-47-48(41)40-21-7-11-26-46(40)56-47)35-17-12-16-33(30-35)34-28-29-39-38-20-6-10-25-44(38)52(45(39)31-34)42-23-8-4-18-36(42)37-19-5-9-24-43(37)52/h1-31H. The zero-order chi connectivity index (χ0) is 36.8. The smallest absolute Gasteiger partial charge is 0.164 e. The van der Waals surface area contributed by atoms with Crippen molar-refractivity contribution in [2.24, 2.45) is 0 Å². The van der Waals surface area contributed by atoms with E-state index in [-0.39, 0.29) is 0 Å². The minimum Gasteiger partial charge on any atom is -0.208 e. The number of hydrogen-bond donors (Lipinski definition) is 0. The summed E-state index contributed by atoms with van der Waals surface area (Å²) in [5.41, 5.74) is 15.4. The average Bonchev–Trinajstić information content (AvgIpc) is 3.91. The van der Waals surface area contributed by atoms with Gasteiger partial charge >= 0.3 is 0 Å². The van der Waals surface area contributed by atoms with Gasteiger partial charge in [-0.1, -0.05) is 164 Å². The Hall–Kier alpha value is -7.01. The molecule has 0 amide bonds. The normalized spacial score (nSPS) is 13.1. The molecule has 0 saturated carbocycles. The second-order valence-electron chi connectivity index (χ2n) is 14.7. The van der Waals surface area contributed by atoms with E-state index in [2.05, 4.69) is 170 Å². The van der Waals surface area contributed by atoms with E-state index in [1.807, 2.05) is 18.2 Å². The lowest BCUT2D eigenvalue weighted by Gasteiger charge is -2.30. The third-order valence-corrected chi connectivity index (χ3v) is 12.9. The van der Waals surface area contributed by atoms with Gasteiger partial charge in [-0.15, -0.1) is 11.3 Å². The van der Waals surface area contributed by atoms with Crippen LogP contribution in [-0.2, 0) is 5.41 Å². The van der Waals surface area contributed by atoms with Gasteiger partial charge in [0.2, 0.25) is 0 Å². The lowest BCUT2D eigenvalue weighted by atomic mass is 9.70. The Bertz CT molecular complexity index is 3150. The number of thiophene rings is 1. The second-order valence-corrected chi connectivity index (χ2v) is 15.8. The molecule has 56 heavy (non-hydrogen) atoms. The highest BCUT2D eigenvalue weighted by Crippen LogP contribution is 2.63. The molecule has 0 bridgehead atoms. The van der Waals surface area contributed by atoms with Crippen molar-refractivity contribution < 1.29 is 0 Å². The van der Waals surface area contributed by atoms with E-state index >= 15 is 0 Å². The number of nitrogens with zero attached hydrogens (tertiary/aromatic N) is 3. The summed E-state index contributed by atoms with van der Waals surface area (Å²) >= 11 is 1.80. The third-order valence-electron chi connectivity index (χ3n) is 11.8. The fourth-order valence-electron chi connectivity index (χ4n) is 9.42. The van der Waals surface area contributed by atoms with E-state index < -0.39 is 5.41 Å². The molecule has 2 heterocycles. The quantitative estimate of drug-likeness (QED) is 0.181. The average molecular weight is 730 g/mol. The van der Waals surface area contributed by atoms with Crippen molar-refractivity contribution >= 4 is 31.5 Å². The van der Waals surface area contributed by atoms with E-state index in [0.717, 1.165) is 27.8 Å². The lowest BCUT2D eigenvalue weighted by molar-refractivity contribution is 0.794. The molecule has 260 valence electrons. The van der Waals surface area contributed by atoms with Crippen molar-refractivity contribution in [1.29, 1.82) is 0 Å². The maximum Gasteiger partial charge on any atom is 0.164 e. The van der Waals surface area contributed by atoms with E-state index in [9.17, 15) is 0 Å². The van der Waals surface area contributed by atoms with Gasteiger partial charge < -0.3 is 0 Å². The highest BCUT2D eigenvalue weighted by molar-refractivity contribution is 7.25. The van der Waals surface area contributed by atoms with E-state index in [1.165, 1.54) is 64.7 Å². The van der Waals surface area contributed by atoms with Gasteiger partial charge in [0, 0.05) is 36.9 Å². The number of hydrogen-bond acceptors (Lipinski definition) is 4. The molecular formula is C52H31N3S. The summed E-state index contributed by atoms with van der Waals surface area (Å²) < 4.78 is 2.47. The summed E-state index contributed by atoms with van der Waals surface area (Å²) in [5.74, 6) is 1.98. The lowest BCUT2D eigenvalue weighted by Crippen LogP contribution is -2.25. The summed E-state index contributed by atoms with van der Waals surface area (Å²) in [7, 11) is 0. The predicted molar refractivity (Wildman–Crippen MR) is 231 cm³/mol. The van der Waals surface area contributed by atoms with Crippen molar-refractivity contribution in [3.63, 3.8) is 0 Å². The maximum absolute atomic E-state index is 5.25. The molecule has 2 aliphatic carbocycles. The van der Waals surface area contributed by atoms with Gasteiger partial charge in [-0.25, -0.2) is 15.0 Å². The highest BCUT2D eigenvalue weighted by Gasteiger charge is 2.51. The van der Waals surface area contributed by atoms with Gasteiger partial charge in [0.1, 0.15) is 0 Å². The molecule has 10 aromatic rings. The SMILES string of the molecule is c1ccc(-c2nc(-c3cccc(-c4ccc5c(c4)C4(c6ccccc6-c6ccccc64)c4ccccc4-5)c3)nc(-c3cccc4sc5ccccc5c34)n2)cc1. The van der Waals surface area contributed by atoms with Crippen LogP contribution in [0.1, 0.15) is 22.3 Å². The summed E-state index contributed by atoms with van der Waals surface area (Å²) in [6, 6.07) is 67.9. The van der Waals surface area contributed by atoms with Crippen LogP contribution >= 0.6 is 11.3 Å². The molecule has 2 aliphatic rings. The van der Waals surface area contributed by atoms with Gasteiger partial charge in [-0.2, -0.15) is 0 Å². The van der Waals surface area contributed by atoms with Gasteiger partial charge in [-0.3, -0.25) is 0 Å². The summed E-state index contributed by atoms with van der Waals surface area (Å²) in [6.07, 6.45) is 0. The number of rotatable bonds is 4. The number of benzene rings is 8. The maximum atomic E-state index is 5.25. The molecule has 4 heteroatoms. The minimum absolute atomic E-state index is 0.396. The molecule has 3 nitrogen and oxygen atoms in total. The summed E-state index contributed by atoms with van der Waals surface area (Å²) in [5, 5.41) is 2.40. The van der Waals surface area contributed by atoms with Crippen LogP contribution in [0.15, 0.2) is 188 Å². The fourth-order valence-corrected chi connectivity index (χ4v) is 10.5. The second kappa shape index (κ2) is 12.0. The molecule has 2 aromatic heterocycles. The fraction of sp³-hybridized carbons (Fsp3) is 0.0192. The van der Waals surface area contributed by atoms with Crippen LogP contribution in [0.2, 0.25) is 0 Å². The highest BCUT2D eigenvalue weighted by atomic mass is 32.1. The van der Waals surface area contributed by atoms with Crippen molar-refractivity contribution in [2.75, 3.05) is 0 Å². The van der Waals surface area contributed by atoms with Crippen LogP contribution in [0, 0.1) is 0 Å². The molecule has 0 saturated heterocycles. The molecule has 1 spiro atoms. The van der Waals surface area contributed by atoms with Crippen molar-refractivity contribution in [3.05, 3.63) is 210 Å². The Kier molecular flexibility index (Phi) is 6.72. The molecule has 0 fully saturated rings. The van der Waals surface area contributed by atoms with Gasteiger partial charge in [0.15, 0.2) is 17.5 Å². The van der Waals surface area contributed by atoms with Crippen LogP contribution in [0.25, 0.3) is 87.7 Å². The zero-order valence-electron chi connectivity index (χ0n) is 30.1.